The van der Waals surface area contributed by atoms with E-state index in [1.807, 2.05) is 0 Å². The van der Waals surface area contributed by atoms with Crippen LogP contribution in [-0.4, -0.2) is 0 Å². The summed E-state index contributed by atoms with van der Waals surface area (Å²) in [6, 6.07) is 3.66. The minimum atomic E-state index is -4.43. The smallest absolute Gasteiger partial charge is 0.166 e. The molecule has 0 aliphatic carbocycles. The summed E-state index contributed by atoms with van der Waals surface area (Å²) in [5, 5.41) is -0.307. The predicted octanol–water partition coefficient (Wildman–Crippen LogP) is 3.53. The van der Waals surface area contributed by atoms with E-state index in [4.69, 9.17) is 18.0 Å². The molecule has 0 aliphatic rings. The fourth-order valence-corrected chi connectivity index (χ4v) is 1.24. The highest BCUT2D eigenvalue weighted by molar-refractivity contribution is 6.31. The number of halogens is 4. The Morgan fingerprint density at radius 3 is 2.50 bits per heavy atom. The highest BCUT2D eigenvalue weighted by atomic mass is 35.5. The molecule has 0 N–H and O–H groups in total. The summed E-state index contributed by atoms with van der Waals surface area (Å²) in [5.41, 5.74) is -0.406. The van der Waals surface area contributed by atoms with Crippen molar-refractivity contribution in [3.63, 3.8) is 0 Å². The standard InChI is InChI=1S/C10H6ClF3/c1-2-3-7-4-5-9(11)8(6-7)10(12,13)14/h1,4-6H,3H2. The van der Waals surface area contributed by atoms with Gasteiger partial charge in [0.05, 0.1) is 10.6 Å². The predicted molar refractivity (Wildman–Crippen MR) is 49.0 cm³/mol. The highest BCUT2D eigenvalue weighted by Gasteiger charge is 2.33. The average molecular weight is 219 g/mol. The minimum Gasteiger partial charge on any atom is -0.166 e. The van der Waals surface area contributed by atoms with Gasteiger partial charge in [0.15, 0.2) is 0 Å². The van der Waals surface area contributed by atoms with Crippen LogP contribution in [0.3, 0.4) is 0 Å². The molecule has 0 amide bonds. The molecule has 0 unspecified atom stereocenters. The van der Waals surface area contributed by atoms with Crippen molar-refractivity contribution in [2.24, 2.45) is 0 Å². The van der Waals surface area contributed by atoms with Gasteiger partial charge in [-0.1, -0.05) is 17.7 Å². The van der Waals surface area contributed by atoms with Crippen LogP contribution in [0.25, 0.3) is 0 Å². The summed E-state index contributed by atoms with van der Waals surface area (Å²) < 4.78 is 37.0. The summed E-state index contributed by atoms with van der Waals surface area (Å²) in [7, 11) is 0. The molecule has 14 heavy (non-hydrogen) atoms. The molecule has 0 nitrogen and oxygen atoms in total. The SMILES string of the molecule is C#CCc1ccc(Cl)c(C(F)(F)F)c1. The van der Waals surface area contributed by atoms with Crippen molar-refractivity contribution >= 4 is 11.6 Å². The fourth-order valence-electron chi connectivity index (χ4n) is 1.02. The van der Waals surface area contributed by atoms with E-state index in [1.54, 1.807) is 0 Å². The van der Waals surface area contributed by atoms with Crippen LogP contribution in [0.15, 0.2) is 18.2 Å². The van der Waals surface area contributed by atoms with Crippen molar-refractivity contribution in [3.8, 4) is 12.3 Å². The van der Waals surface area contributed by atoms with E-state index in [0.717, 1.165) is 6.07 Å². The van der Waals surface area contributed by atoms with Crippen LogP contribution >= 0.6 is 11.6 Å². The second-order valence-electron chi connectivity index (χ2n) is 2.69. The molecule has 4 heteroatoms. The molecule has 0 fully saturated rings. The molecule has 1 aromatic rings. The van der Waals surface area contributed by atoms with E-state index in [0.29, 0.717) is 5.56 Å². The zero-order valence-corrected chi connectivity index (χ0v) is 7.78. The van der Waals surface area contributed by atoms with Crippen LogP contribution < -0.4 is 0 Å². The molecule has 0 aliphatic heterocycles. The molecule has 0 aromatic heterocycles. The zero-order valence-electron chi connectivity index (χ0n) is 7.03. The Hall–Kier alpha value is -1.14. The number of terminal acetylenes is 1. The quantitative estimate of drug-likeness (QED) is 0.633. The lowest BCUT2D eigenvalue weighted by Gasteiger charge is -2.09. The van der Waals surface area contributed by atoms with Crippen LogP contribution in [0.1, 0.15) is 11.1 Å². The van der Waals surface area contributed by atoms with Crippen molar-refractivity contribution in [1.29, 1.82) is 0 Å². The summed E-state index contributed by atoms with van der Waals surface area (Å²) in [6.07, 6.45) is 0.732. The topological polar surface area (TPSA) is 0 Å². The molecule has 0 bridgehead atoms. The lowest BCUT2D eigenvalue weighted by Crippen LogP contribution is -2.06. The van der Waals surface area contributed by atoms with Gasteiger partial charge in [-0.3, -0.25) is 0 Å². The second-order valence-corrected chi connectivity index (χ2v) is 3.10. The Kier molecular flexibility index (Phi) is 3.07. The number of rotatable bonds is 1. The zero-order chi connectivity index (χ0) is 10.8. The third-order valence-electron chi connectivity index (χ3n) is 1.64. The van der Waals surface area contributed by atoms with Crippen LogP contribution in [-0.2, 0) is 12.6 Å². The third-order valence-corrected chi connectivity index (χ3v) is 1.97. The maximum absolute atomic E-state index is 12.3. The van der Waals surface area contributed by atoms with Crippen molar-refractivity contribution in [2.45, 2.75) is 12.6 Å². The van der Waals surface area contributed by atoms with Gasteiger partial charge < -0.3 is 0 Å². The number of hydrogen-bond acceptors (Lipinski definition) is 0. The first-order valence-electron chi connectivity index (χ1n) is 3.74. The summed E-state index contributed by atoms with van der Waals surface area (Å²) in [4.78, 5) is 0. The Morgan fingerprint density at radius 1 is 1.36 bits per heavy atom. The lowest BCUT2D eigenvalue weighted by molar-refractivity contribution is -0.137. The van der Waals surface area contributed by atoms with Gasteiger partial charge in [-0.15, -0.1) is 12.3 Å². The lowest BCUT2D eigenvalue weighted by atomic mass is 10.1. The van der Waals surface area contributed by atoms with Gasteiger partial charge in [0.1, 0.15) is 0 Å². The fraction of sp³-hybridized carbons (Fsp3) is 0.200. The first kappa shape index (κ1) is 10.9. The van der Waals surface area contributed by atoms with Gasteiger partial charge in [0, 0.05) is 6.42 Å². The second kappa shape index (κ2) is 3.93. The van der Waals surface area contributed by atoms with Gasteiger partial charge in [-0.2, -0.15) is 13.2 Å². The summed E-state index contributed by atoms with van der Waals surface area (Å²) in [5.74, 6) is 2.27. The Labute approximate surface area is 84.7 Å². The monoisotopic (exact) mass is 218 g/mol. The molecular weight excluding hydrogens is 213 g/mol. The maximum atomic E-state index is 12.3. The van der Waals surface area contributed by atoms with Crippen molar-refractivity contribution < 1.29 is 13.2 Å². The first-order chi connectivity index (χ1) is 6.45. The number of alkyl halides is 3. The van der Waals surface area contributed by atoms with Crippen LogP contribution in [0, 0.1) is 12.3 Å². The summed E-state index contributed by atoms with van der Waals surface area (Å²) >= 11 is 5.41. The molecule has 1 aromatic carbocycles. The molecule has 0 spiro atoms. The molecule has 0 saturated carbocycles. The normalized spacial score (nSPS) is 11.1. The number of benzene rings is 1. The van der Waals surface area contributed by atoms with Gasteiger partial charge in [-0.25, -0.2) is 0 Å². The molecule has 0 heterocycles. The minimum absolute atomic E-state index is 0.167. The van der Waals surface area contributed by atoms with E-state index < -0.39 is 11.7 Å². The van der Waals surface area contributed by atoms with Crippen LogP contribution in [0.2, 0.25) is 5.02 Å². The van der Waals surface area contributed by atoms with E-state index in [1.165, 1.54) is 12.1 Å². The first-order valence-corrected chi connectivity index (χ1v) is 4.12. The van der Waals surface area contributed by atoms with Crippen molar-refractivity contribution in [2.75, 3.05) is 0 Å². The van der Waals surface area contributed by atoms with Gasteiger partial charge in [0.25, 0.3) is 0 Å². The Balaban J connectivity index is 3.17. The van der Waals surface area contributed by atoms with E-state index in [2.05, 4.69) is 5.92 Å². The summed E-state index contributed by atoms with van der Waals surface area (Å²) in [6.45, 7) is 0. The molecule has 74 valence electrons. The molecule has 0 atom stereocenters. The maximum Gasteiger partial charge on any atom is 0.417 e. The van der Waals surface area contributed by atoms with Crippen molar-refractivity contribution in [3.05, 3.63) is 34.3 Å². The van der Waals surface area contributed by atoms with E-state index in [-0.39, 0.29) is 11.4 Å². The van der Waals surface area contributed by atoms with Crippen LogP contribution in [0.5, 0.6) is 0 Å². The molecule has 1 rings (SSSR count). The Bertz CT molecular complexity index is 374. The van der Waals surface area contributed by atoms with Gasteiger partial charge in [0.2, 0.25) is 0 Å². The Morgan fingerprint density at radius 2 is 2.00 bits per heavy atom. The van der Waals surface area contributed by atoms with E-state index in [9.17, 15) is 13.2 Å². The van der Waals surface area contributed by atoms with Gasteiger partial charge in [-0.05, 0) is 17.7 Å². The molecule has 0 saturated heterocycles. The van der Waals surface area contributed by atoms with Crippen molar-refractivity contribution in [1.82, 2.24) is 0 Å². The largest absolute Gasteiger partial charge is 0.417 e. The molecular formula is C10H6ClF3. The third kappa shape index (κ3) is 2.43. The number of hydrogen-bond donors (Lipinski definition) is 0. The van der Waals surface area contributed by atoms with Crippen LogP contribution in [0.4, 0.5) is 13.2 Å². The van der Waals surface area contributed by atoms with E-state index >= 15 is 0 Å². The molecule has 0 radical (unpaired) electrons. The highest BCUT2D eigenvalue weighted by Crippen LogP contribution is 2.35. The average Bonchev–Trinajstić information content (AvgIpc) is 2.07. The van der Waals surface area contributed by atoms with Gasteiger partial charge >= 0.3 is 6.18 Å².